The zero-order chi connectivity index (χ0) is 9.84. The Bertz CT molecular complexity index is 152. The molecular weight excluding hydrogens is 164 g/mol. The predicted octanol–water partition coefficient (Wildman–Crippen LogP) is 0.201. The third kappa shape index (κ3) is 2.93. The Morgan fingerprint density at radius 1 is 1.38 bits per heavy atom. The van der Waals surface area contributed by atoms with Gasteiger partial charge in [0, 0.05) is 31.8 Å². The second-order valence-corrected chi connectivity index (χ2v) is 4.35. The van der Waals surface area contributed by atoms with Gasteiger partial charge in [-0.1, -0.05) is 13.8 Å². The zero-order valence-electron chi connectivity index (χ0n) is 8.88. The molecule has 3 nitrogen and oxygen atoms in total. The molecule has 1 fully saturated rings. The van der Waals surface area contributed by atoms with Crippen molar-refractivity contribution in [2.75, 3.05) is 19.7 Å². The first-order valence-electron chi connectivity index (χ1n) is 5.22. The molecule has 0 amide bonds. The van der Waals surface area contributed by atoms with Crippen molar-refractivity contribution in [3.05, 3.63) is 0 Å². The SMILES string of the molecule is CC1CNCC(C(C)C(C)CO)N1. The van der Waals surface area contributed by atoms with Crippen molar-refractivity contribution in [1.82, 2.24) is 10.6 Å². The Kier molecular flexibility index (Phi) is 4.16. The molecule has 0 bridgehead atoms. The number of hydrogen-bond acceptors (Lipinski definition) is 3. The Morgan fingerprint density at radius 2 is 2.08 bits per heavy atom. The molecule has 0 spiro atoms. The van der Waals surface area contributed by atoms with Crippen molar-refractivity contribution in [1.29, 1.82) is 0 Å². The van der Waals surface area contributed by atoms with Crippen LogP contribution in [0.5, 0.6) is 0 Å². The van der Waals surface area contributed by atoms with E-state index in [1.807, 2.05) is 0 Å². The first-order chi connectivity index (χ1) is 6.15. The molecule has 0 aliphatic carbocycles. The van der Waals surface area contributed by atoms with Crippen molar-refractivity contribution < 1.29 is 5.11 Å². The lowest BCUT2D eigenvalue weighted by Crippen LogP contribution is -2.57. The van der Waals surface area contributed by atoms with Crippen molar-refractivity contribution in [3.8, 4) is 0 Å². The maximum Gasteiger partial charge on any atom is 0.0459 e. The van der Waals surface area contributed by atoms with Crippen LogP contribution in [0.1, 0.15) is 20.8 Å². The fraction of sp³-hybridized carbons (Fsp3) is 1.00. The van der Waals surface area contributed by atoms with Gasteiger partial charge in [0.15, 0.2) is 0 Å². The van der Waals surface area contributed by atoms with Gasteiger partial charge in [0.05, 0.1) is 0 Å². The highest BCUT2D eigenvalue weighted by Gasteiger charge is 2.25. The normalized spacial score (nSPS) is 34.2. The van der Waals surface area contributed by atoms with E-state index in [0.717, 1.165) is 13.1 Å². The molecule has 1 aliphatic rings. The van der Waals surface area contributed by atoms with Crippen molar-refractivity contribution in [2.24, 2.45) is 11.8 Å². The smallest absolute Gasteiger partial charge is 0.0459 e. The van der Waals surface area contributed by atoms with Gasteiger partial charge in [-0.2, -0.15) is 0 Å². The van der Waals surface area contributed by atoms with E-state index in [9.17, 15) is 0 Å². The Hall–Kier alpha value is -0.120. The molecule has 1 aliphatic heterocycles. The molecule has 0 aromatic rings. The van der Waals surface area contributed by atoms with Crippen LogP contribution in [0.25, 0.3) is 0 Å². The van der Waals surface area contributed by atoms with Crippen LogP contribution in [-0.2, 0) is 0 Å². The maximum atomic E-state index is 9.05. The number of aliphatic hydroxyl groups excluding tert-OH is 1. The Balaban J connectivity index is 2.41. The number of nitrogens with one attached hydrogen (secondary N) is 2. The molecular formula is C10H22N2O. The van der Waals surface area contributed by atoms with E-state index in [-0.39, 0.29) is 6.61 Å². The van der Waals surface area contributed by atoms with E-state index < -0.39 is 0 Å². The van der Waals surface area contributed by atoms with Crippen molar-refractivity contribution in [3.63, 3.8) is 0 Å². The van der Waals surface area contributed by atoms with Crippen LogP contribution < -0.4 is 10.6 Å². The topological polar surface area (TPSA) is 44.3 Å². The summed E-state index contributed by atoms with van der Waals surface area (Å²) in [5, 5.41) is 16.0. The summed E-state index contributed by atoms with van der Waals surface area (Å²) in [4.78, 5) is 0. The lowest BCUT2D eigenvalue weighted by molar-refractivity contribution is 0.155. The average molecular weight is 186 g/mol. The van der Waals surface area contributed by atoms with Crippen LogP contribution in [0, 0.1) is 11.8 Å². The molecule has 13 heavy (non-hydrogen) atoms. The van der Waals surface area contributed by atoms with E-state index in [1.165, 1.54) is 0 Å². The third-order valence-electron chi connectivity index (χ3n) is 3.13. The van der Waals surface area contributed by atoms with E-state index in [0.29, 0.717) is 23.9 Å². The molecule has 3 N–H and O–H groups in total. The van der Waals surface area contributed by atoms with E-state index >= 15 is 0 Å². The lowest BCUT2D eigenvalue weighted by atomic mass is 9.88. The van der Waals surface area contributed by atoms with Gasteiger partial charge in [-0.25, -0.2) is 0 Å². The Labute approximate surface area is 80.9 Å². The predicted molar refractivity (Wildman–Crippen MR) is 54.7 cm³/mol. The molecule has 0 saturated carbocycles. The largest absolute Gasteiger partial charge is 0.396 e. The molecule has 4 unspecified atom stereocenters. The monoisotopic (exact) mass is 186 g/mol. The highest BCUT2D eigenvalue weighted by Crippen LogP contribution is 2.16. The molecule has 0 radical (unpaired) electrons. The van der Waals surface area contributed by atoms with Gasteiger partial charge in [0.1, 0.15) is 0 Å². The molecule has 1 saturated heterocycles. The fourth-order valence-corrected chi connectivity index (χ4v) is 1.84. The summed E-state index contributed by atoms with van der Waals surface area (Å²) in [5.41, 5.74) is 0. The van der Waals surface area contributed by atoms with E-state index in [2.05, 4.69) is 31.4 Å². The van der Waals surface area contributed by atoms with Crippen LogP contribution in [0.4, 0.5) is 0 Å². The Morgan fingerprint density at radius 3 is 2.62 bits per heavy atom. The molecule has 0 aromatic carbocycles. The third-order valence-corrected chi connectivity index (χ3v) is 3.13. The zero-order valence-corrected chi connectivity index (χ0v) is 8.88. The molecule has 1 heterocycles. The van der Waals surface area contributed by atoms with Gasteiger partial charge in [0.2, 0.25) is 0 Å². The van der Waals surface area contributed by atoms with E-state index in [1.54, 1.807) is 0 Å². The highest BCUT2D eigenvalue weighted by atomic mass is 16.3. The minimum Gasteiger partial charge on any atom is -0.396 e. The summed E-state index contributed by atoms with van der Waals surface area (Å²) in [6, 6.07) is 1.05. The van der Waals surface area contributed by atoms with Gasteiger partial charge < -0.3 is 15.7 Å². The second kappa shape index (κ2) is 4.94. The summed E-state index contributed by atoms with van der Waals surface area (Å²) in [7, 11) is 0. The van der Waals surface area contributed by atoms with Gasteiger partial charge in [-0.05, 0) is 18.8 Å². The molecule has 4 atom stereocenters. The van der Waals surface area contributed by atoms with Crippen LogP contribution in [0.2, 0.25) is 0 Å². The van der Waals surface area contributed by atoms with Gasteiger partial charge in [0.25, 0.3) is 0 Å². The minimum absolute atomic E-state index is 0.285. The number of aliphatic hydroxyl groups is 1. The number of hydrogen-bond donors (Lipinski definition) is 3. The first-order valence-corrected chi connectivity index (χ1v) is 5.22. The molecule has 3 heteroatoms. The summed E-state index contributed by atoms with van der Waals surface area (Å²) < 4.78 is 0. The van der Waals surface area contributed by atoms with Crippen molar-refractivity contribution >= 4 is 0 Å². The summed E-state index contributed by atoms with van der Waals surface area (Å²) in [6.45, 7) is 8.86. The van der Waals surface area contributed by atoms with Crippen LogP contribution in [0.3, 0.4) is 0 Å². The van der Waals surface area contributed by atoms with Crippen molar-refractivity contribution in [2.45, 2.75) is 32.9 Å². The maximum absolute atomic E-state index is 9.05. The first kappa shape index (κ1) is 11.0. The second-order valence-electron chi connectivity index (χ2n) is 4.35. The van der Waals surface area contributed by atoms with E-state index in [4.69, 9.17) is 5.11 Å². The van der Waals surface area contributed by atoms with Crippen LogP contribution in [0.15, 0.2) is 0 Å². The van der Waals surface area contributed by atoms with Crippen LogP contribution in [-0.4, -0.2) is 36.9 Å². The number of rotatable bonds is 3. The van der Waals surface area contributed by atoms with Gasteiger partial charge in [-0.15, -0.1) is 0 Å². The van der Waals surface area contributed by atoms with Gasteiger partial charge in [-0.3, -0.25) is 0 Å². The van der Waals surface area contributed by atoms with Crippen LogP contribution >= 0.6 is 0 Å². The highest BCUT2D eigenvalue weighted by molar-refractivity contribution is 4.86. The summed E-state index contributed by atoms with van der Waals surface area (Å²) in [6.07, 6.45) is 0. The molecule has 0 aromatic heterocycles. The fourth-order valence-electron chi connectivity index (χ4n) is 1.84. The minimum atomic E-state index is 0.285. The summed E-state index contributed by atoms with van der Waals surface area (Å²) >= 11 is 0. The average Bonchev–Trinajstić information content (AvgIpc) is 2.15. The molecule has 78 valence electrons. The standard InChI is InChI=1S/C10H22N2O/c1-7(6-13)9(3)10-5-11-4-8(2)12-10/h7-13H,4-6H2,1-3H3. The van der Waals surface area contributed by atoms with Gasteiger partial charge >= 0.3 is 0 Å². The quantitative estimate of drug-likeness (QED) is 0.590. The summed E-state index contributed by atoms with van der Waals surface area (Å²) in [5.74, 6) is 0.907. The lowest BCUT2D eigenvalue weighted by Gasteiger charge is -2.35. The number of piperazine rings is 1. The molecule has 1 rings (SSSR count).